The second-order valence-electron chi connectivity index (χ2n) is 6.65. The largest absolute Gasteiger partial charge is 0.394 e. The quantitative estimate of drug-likeness (QED) is 0.466. The van der Waals surface area contributed by atoms with E-state index in [1.54, 1.807) is 0 Å². The van der Waals surface area contributed by atoms with Gasteiger partial charge in [0.05, 0.1) is 12.6 Å². The first kappa shape index (κ1) is 20.4. The summed E-state index contributed by atoms with van der Waals surface area (Å²) in [5.74, 6) is 0.591. The van der Waals surface area contributed by atoms with E-state index >= 15 is 0 Å². The lowest BCUT2D eigenvalue weighted by molar-refractivity contribution is -0.122. The highest BCUT2D eigenvalue weighted by atomic mass is 16.3. The maximum Gasteiger partial charge on any atom is 0.220 e. The van der Waals surface area contributed by atoms with Crippen LogP contribution in [0.3, 0.4) is 0 Å². The van der Waals surface area contributed by atoms with E-state index < -0.39 is 0 Å². The van der Waals surface area contributed by atoms with Gasteiger partial charge in [0.1, 0.15) is 0 Å². The van der Waals surface area contributed by atoms with E-state index in [2.05, 4.69) is 26.1 Å². The molecule has 1 atom stereocenters. The summed E-state index contributed by atoms with van der Waals surface area (Å²) >= 11 is 0. The zero-order chi connectivity index (χ0) is 15.9. The van der Waals surface area contributed by atoms with Crippen molar-refractivity contribution in [2.75, 3.05) is 6.61 Å². The van der Waals surface area contributed by atoms with Gasteiger partial charge in [0.15, 0.2) is 0 Å². The smallest absolute Gasteiger partial charge is 0.220 e. The molecule has 0 saturated heterocycles. The summed E-state index contributed by atoms with van der Waals surface area (Å²) in [6, 6.07) is -0.0731. The summed E-state index contributed by atoms with van der Waals surface area (Å²) in [6.45, 7) is 6.50. The third-order valence-corrected chi connectivity index (χ3v) is 3.85. The van der Waals surface area contributed by atoms with Gasteiger partial charge in [-0.05, 0) is 18.8 Å². The molecule has 0 radical (unpaired) electrons. The highest BCUT2D eigenvalue weighted by molar-refractivity contribution is 5.76. The van der Waals surface area contributed by atoms with Crippen LogP contribution < -0.4 is 5.32 Å². The minimum atomic E-state index is -0.0731. The van der Waals surface area contributed by atoms with Crippen molar-refractivity contribution in [3.63, 3.8) is 0 Å². The predicted molar refractivity (Wildman–Crippen MR) is 90.3 cm³/mol. The molecule has 0 aromatic carbocycles. The Morgan fingerprint density at radius 3 is 1.95 bits per heavy atom. The number of rotatable bonds is 14. The van der Waals surface area contributed by atoms with Crippen LogP contribution >= 0.6 is 0 Å². The van der Waals surface area contributed by atoms with Gasteiger partial charge in [-0.25, -0.2) is 0 Å². The molecule has 126 valence electrons. The van der Waals surface area contributed by atoms with Crippen LogP contribution in [0.1, 0.15) is 91.4 Å². The lowest BCUT2D eigenvalue weighted by Crippen LogP contribution is -2.38. The topological polar surface area (TPSA) is 49.3 Å². The van der Waals surface area contributed by atoms with Crippen molar-refractivity contribution in [2.45, 2.75) is 97.4 Å². The normalized spacial score (nSPS) is 12.6. The minimum Gasteiger partial charge on any atom is -0.394 e. The van der Waals surface area contributed by atoms with Crippen molar-refractivity contribution in [3.8, 4) is 0 Å². The van der Waals surface area contributed by atoms with Gasteiger partial charge in [-0.3, -0.25) is 4.79 Å². The number of unbranched alkanes of at least 4 members (excludes halogenated alkanes) is 8. The van der Waals surface area contributed by atoms with Crippen LogP contribution in [-0.4, -0.2) is 23.7 Å². The van der Waals surface area contributed by atoms with E-state index in [1.165, 1.54) is 44.9 Å². The van der Waals surface area contributed by atoms with Crippen molar-refractivity contribution in [1.29, 1.82) is 0 Å². The summed E-state index contributed by atoms with van der Waals surface area (Å²) in [7, 11) is 0. The van der Waals surface area contributed by atoms with Gasteiger partial charge in [-0.15, -0.1) is 0 Å². The average Bonchev–Trinajstić information content (AvgIpc) is 2.44. The molecule has 0 spiro atoms. The summed E-state index contributed by atoms with van der Waals surface area (Å²) < 4.78 is 0. The molecule has 1 amide bonds. The first-order valence-electron chi connectivity index (χ1n) is 9.00. The van der Waals surface area contributed by atoms with Crippen molar-refractivity contribution in [3.05, 3.63) is 0 Å². The van der Waals surface area contributed by atoms with Crippen LogP contribution in [0.4, 0.5) is 0 Å². The highest BCUT2D eigenvalue weighted by Gasteiger charge is 2.12. The minimum absolute atomic E-state index is 0.0433. The lowest BCUT2D eigenvalue weighted by atomic mass is 10.0. The van der Waals surface area contributed by atoms with E-state index in [0.717, 1.165) is 19.3 Å². The van der Waals surface area contributed by atoms with Gasteiger partial charge in [0.2, 0.25) is 5.91 Å². The molecule has 0 bridgehead atoms. The summed E-state index contributed by atoms with van der Waals surface area (Å²) in [5.41, 5.74) is 0. The molecule has 0 aliphatic rings. The number of hydrogen-bond acceptors (Lipinski definition) is 2. The molecule has 0 unspecified atom stereocenters. The Labute approximate surface area is 131 Å². The monoisotopic (exact) mass is 299 g/mol. The molecule has 0 aliphatic carbocycles. The van der Waals surface area contributed by atoms with Crippen molar-refractivity contribution in [1.82, 2.24) is 5.32 Å². The molecule has 3 nitrogen and oxygen atoms in total. The Morgan fingerprint density at radius 1 is 0.952 bits per heavy atom. The van der Waals surface area contributed by atoms with Gasteiger partial charge in [-0.2, -0.15) is 0 Å². The van der Waals surface area contributed by atoms with E-state index in [9.17, 15) is 9.90 Å². The van der Waals surface area contributed by atoms with Gasteiger partial charge in [-0.1, -0.05) is 72.1 Å². The first-order valence-corrected chi connectivity index (χ1v) is 9.00. The second-order valence-corrected chi connectivity index (χ2v) is 6.65. The van der Waals surface area contributed by atoms with E-state index in [-0.39, 0.29) is 18.6 Å². The highest BCUT2D eigenvalue weighted by Crippen LogP contribution is 2.11. The molecule has 0 rings (SSSR count). The zero-order valence-electron chi connectivity index (χ0n) is 14.5. The number of amides is 1. The fourth-order valence-electron chi connectivity index (χ4n) is 2.64. The molecule has 0 aromatic rings. The maximum absolute atomic E-state index is 11.8. The SMILES string of the molecule is CCCCCCCCCCCC(=O)N[C@H](CO)CC(C)C. The van der Waals surface area contributed by atoms with E-state index in [0.29, 0.717) is 12.3 Å². The van der Waals surface area contributed by atoms with Crippen molar-refractivity contribution in [2.24, 2.45) is 5.92 Å². The Kier molecular flexibility index (Phi) is 14.0. The molecule has 21 heavy (non-hydrogen) atoms. The molecule has 3 heteroatoms. The number of nitrogens with one attached hydrogen (secondary N) is 1. The van der Waals surface area contributed by atoms with Crippen molar-refractivity contribution >= 4 is 5.91 Å². The maximum atomic E-state index is 11.8. The van der Waals surface area contributed by atoms with E-state index in [1.807, 2.05) is 0 Å². The zero-order valence-corrected chi connectivity index (χ0v) is 14.5. The van der Waals surface area contributed by atoms with Crippen LogP contribution in [0, 0.1) is 5.92 Å². The number of aliphatic hydroxyl groups is 1. The van der Waals surface area contributed by atoms with E-state index in [4.69, 9.17) is 0 Å². The third kappa shape index (κ3) is 14.1. The number of hydrogen-bond donors (Lipinski definition) is 2. The summed E-state index contributed by atoms with van der Waals surface area (Å²) in [5, 5.41) is 12.2. The number of carbonyl (C=O) groups excluding carboxylic acids is 1. The average molecular weight is 299 g/mol. The van der Waals surface area contributed by atoms with Crippen LogP contribution in [-0.2, 0) is 4.79 Å². The fraction of sp³-hybridized carbons (Fsp3) is 0.944. The van der Waals surface area contributed by atoms with Gasteiger partial charge in [0, 0.05) is 6.42 Å². The van der Waals surface area contributed by atoms with Gasteiger partial charge < -0.3 is 10.4 Å². The molecular weight excluding hydrogens is 262 g/mol. The Hall–Kier alpha value is -0.570. The second kappa shape index (κ2) is 14.4. The Bertz CT molecular complexity index is 241. The summed E-state index contributed by atoms with van der Waals surface area (Å²) in [4.78, 5) is 11.8. The fourth-order valence-corrected chi connectivity index (χ4v) is 2.64. The molecule has 0 aromatic heterocycles. The first-order chi connectivity index (χ1) is 10.1. The van der Waals surface area contributed by atoms with Gasteiger partial charge >= 0.3 is 0 Å². The lowest BCUT2D eigenvalue weighted by Gasteiger charge is -2.18. The van der Waals surface area contributed by atoms with Crippen LogP contribution in [0.5, 0.6) is 0 Å². The number of carbonyl (C=O) groups is 1. The Morgan fingerprint density at radius 2 is 1.48 bits per heavy atom. The standard InChI is InChI=1S/C18H37NO2/c1-4-5-6-7-8-9-10-11-12-13-18(21)19-17(15-20)14-16(2)3/h16-17,20H,4-15H2,1-3H3,(H,19,21)/t17-/m0/s1. The van der Waals surface area contributed by atoms with Crippen LogP contribution in [0.2, 0.25) is 0 Å². The van der Waals surface area contributed by atoms with Crippen LogP contribution in [0.25, 0.3) is 0 Å². The molecule has 0 fully saturated rings. The van der Waals surface area contributed by atoms with Crippen LogP contribution in [0.15, 0.2) is 0 Å². The predicted octanol–water partition coefficient (Wildman–Crippen LogP) is 4.43. The Balaban J connectivity index is 3.44. The molecule has 0 saturated carbocycles. The molecule has 0 aliphatic heterocycles. The molecule has 2 N–H and O–H groups in total. The van der Waals surface area contributed by atoms with Crippen molar-refractivity contribution < 1.29 is 9.90 Å². The summed E-state index contributed by atoms with van der Waals surface area (Å²) in [6.07, 6.45) is 12.9. The molecule has 0 heterocycles. The number of aliphatic hydroxyl groups excluding tert-OH is 1. The third-order valence-electron chi connectivity index (χ3n) is 3.85. The van der Waals surface area contributed by atoms with Gasteiger partial charge in [0.25, 0.3) is 0 Å². The molecular formula is C18H37NO2.